The van der Waals surface area contributed by atoms with Gasteiger partial charge in [0.2, 0.25) is 5.91 Å². The SMILES string of the molecule is COCCNC(=O)[C@H]1C[NH+]2CC[C@@H]1C[C@@H]2Cn1cc(-c2cccc(N)c2)nn1. The van der Waals surface area contributed by atoms with Crippen LogP contribution in [0.3, 0.4) is 0 Å². The van der Waals surface area contributed by atoms with Crippen LogP contribution in [-0.4, -0.2) is 60.3 Å². The van der Waals surface area contributed by atoms with Gasteiger partial charge in [-0.25, -0.2) is 4.68 Å². The predicted octanol–water partition coefficient (Wildman–Crippen LogP) is -0.417. The van der Waals surface area contributed by atoms with Gasteiger partial charge in [0.05, 0.1) is 38.4 Å². The maximum Gasteiger partial charge on any atom is 0.229 e. The van der Waals surface area contributed by atoms with Crippen LogP contribution in [0.1, 0.15) is 12.8 Å². The zero-order chi connectivity index (χ0) is 19.5. The van der Waals surface area contributed by atoms with Crippen LogP contribution in [0.2, 0.25) is 0 Å². The Morgan fingerprint density at radius 1 is 1.46 bits per heavy atom. The number of anilines is 1. The van der Waals surface area contributed by atoms with Crippen molar-refractivity contribution in [3.63, 3.8) is 0 Å². The van der Waals surface area contributed by atoms with Gasteiger partial charge in [-0.15, -0.1) is 5.10 Å². The van der Waals surface area contributed by atoms with E-state index in [1.165, 1.54) is 4.90 Å². The number of fused-ring (bicyclic) bond motifs is 3. The molecule has 4 heterocycles. The fourth-order valence-electron chi connectivity index (χ4n) is 4.67. The minimum Gasteiger partial charge on any atom is -0.399 e. The third-order valence-electron chi connectivity index (χ3n) is 6.12. The molecular formula is C20H29N6O2+. The quantitative estimate of drug-likeness (QED) is 0.444. The van der Waals surface area contributed by atoms with Gasteiger partial charge in [-0.05, 0) is 18.1 Å². The number of nitrogens with one attached hydrogen (secondary N) is 2. The summed E-state index contributed by atoms with van der Waals surface area (Å²) in [5, 5.41) is 11.6. The topological polar surface area (TPSA) is 99.5 Å². The van der Waals surface area contributed by atoms with E-state index in [0.717, 1.165) is 49.4 Å². The minimum absolute atomic E-state index is 0.121. The monoisotopic (exact) mass is 385 g/mol. The van der Waals surface area contributed by atoms with Crippen molar-refractivity contribution in [2.45, 2.75) is 25.4 Å². The smallest absolute Gasteiger partial charge is 0.229 e. The van der Waals surface area contributed by atoms with Crippen LogP contribution in [-0.2, 0) is 16.1 Å². The molecule has 5 rings (SSSR count). The van der Waals surface area contributed by atoms with E-state index in [0.29, 0.717) is 25.1 Å². The largest absolute Gasteiger partial charge is 0.399 e. The van der Waals surface area contributed by atoms with Crippen LogP contribution in [0.5, 0.6) is 0 Å². The number of ether oxygens (including phenoxy) is 1. The number of nitrogens with zero attached hydrogens (tertiary/aromatic N) is 3. The van der Waals surface area contributed by atoms with E-state index in [-0.39, 0.29) is 11.8 Å². The molecule has 8 heteroatoms. The normalized spacial score (nSPS) is 26.3. The van der Waals surface area contributed by atoms with E-state index in [4.69, 9.17) is 10.5 Å². The van der Waals surface area contributed by atoms with Crippen molar-refractivity contribution in [1.29, 1.82) is 0 Å². The molecule has 3 aliphatic rings. The summed E-state index contributed by atoms with van der Waals surface area (Å²) >= 11 is 0. The molecule has 4 atom stereocenters. The zero-order valence-corrected chi connectivity index (χ0v) is 16.3. The molecule has 0 saturated carbocycles. The number of rotatable bonds is 7. The summed E-state index contributed by atoms with van der Waals surface area (Å²) in [6.45, 7) is 4.02. The molecule has 1 aromatic carbocycles. The van der Waals surface area contributed by atoms with Gasteiger partial charge < -0.3 is 20.7 Å². The molecule has 8 nitrogen and oxygen atoms in total. The standard InChI is InChI=1S/C20H28N6O2/c1-28-8-6-22-20(27)18-12-25-7-5-14(18)10-17(25)11-26-13-19(23-24-26)15-3-2-4-16(21)9-15/h2-4,9,13-14,17-18H,5-8,10-12,21H2,1H3,(H,22,27)/p+1/t14-,17-,18+/m1/s1. The third kappa shape index (κ3) is 4.02. The van der Waals surface area contributed by atoms with Crippen LogP contribution < -0.4 is 16.0 Å². The van der Waals surface area contributed by atoms with Gasteiger partial charge in [-0.3, -0.25) is 4.79 Å². The lowest BCUT2D eigenvalue weighted by Gasteiger charge is -2.46. The average Bonchev–Trinajstić information content (AvgIpc) is 3.17. The number of amides is 1. The van der Waals surface area contributed by atoms with Crippen molar-refractivity contribution in [2.24, 2.45) is 11.8 Å². The Bertz CT molecular complexity index is 823. The van der Waals surface area contributed by atoms with E-state index >= 15 is 0 Å². The fourth-order valence-corrected chi connectivity index (χ4v) is 4.67. The second-order valence-electron chi connectivity index (χ2n) is 7.94. The summed E-state index contributed by atoms with van der Waals surface area (Å²) in [5.74, 6) is 0.764. The fraction of sp³-hybridized carbons (Fsp3) is 0.550. The lowest BCUT2D eigenvalue weighted by atomic mass is 9.75. The third-order valence-corrected chi connectivity index (χ3v) is 6.12. The molecule has 0 aliphatic carbocycles. The maximum absolute atomic E-state index is 12.5. The summed E-state index contributed by atoms with van der Waals surface area (Å²) in [6, 6.07) is 8.19. The van der Waals surface area contributed by atoms with E-state index in [1.54, 1.807) is 7.11 Å². The molecule has 2 aromatic rings. The first kappa shape index (κ1) is 18.9. The van der Waals surface area contributed by atoms with Gasteiger partial charge in [-0.2, -0.15) is 0 Å². The number of piperidine rings is 3. The Morgan fingerprint density at radius 3 is 3.11 bits per heavy atom. The first-order valence-corrected chi connectivity index (χ1v) is 10.0. The van der Waals surface area contributed by atoms with E-state index in [2.05, 4.69) is 15.6 Å². The summed E-state index contributed by atoms with van der Waals surface area (Å²) < 4.78 is 6.96. The lowest BCUT2D eigenvalue weighted by molar-refractivity contribution is -0.945. The van der Waals surface area contributed by atoms with Gasteiger partial charge in [0.25, 0.3) is 0 Å². The van der Waals surface area contributed by atoms with Crippen molar-refractivity contribution >= 4 is 11.6 Å². The predicted molar refractivity (Wildman–Crippen MR) is 105 cm³/mol. The number of aromatic nitrogens is 3. The molecule has 1 amide bonds. The molecule has 1 aromatic heterocycles. The molecule has 28 heavy (non-hydrogen) atoms. The van der Waals surface area contributed by atoms with Crippen molar-refractivity contribution in [3.8, 4) is 11.3 Å². The first-order valence-electron chi connectivity index (χ1n) is 10.0. The highest BCUT2D eigenvalue weighted by Crippen LogP contribution is 2.28. The van der Waals surface area contributed by atoms with Gasteiger partial charge in [0, 0.05) is 37.7 Å². The Morgan fingerprint density at radius 2 is 2.36 bits per heavy atom. The highest BCUT2D eigenvalue weighted by atomic mass is 16.5. The summed E-state index contributed by atoms with van der Waals surface area (Å²) in [5.41, 5.74) is 8.42. The highest BCUT2D eigenvalue weighted by molar-refractivity contribution is 5.79. The minimum atomic E-state index is 0.121. The summed E-state index contributed by atoms with van der Waals surface area (Å²) in [7, 11) is 1.65. The molecule has 0 radical (unpaired) electrons. The van der Waals surface area contributed by atoms with Crippen LogP contribution in [0.25, 0.3) is 11.3 Å². The summed E-state index contributed by atoms with van der Waals surface area (Å²) in [6.07, 6.45) is 4.18. The number of nitrogen functional groups attached to an aromatic ring is 1. The molecular weight excluding hydrogens is 356 g/mol. The molecule has 3 aliphatic heterocycles. The number of hydrogen-bond donors (Lipinski definition) is 3. The Labute approximate surface area is 165 Å². The number of methoxy groups -OCH3 is 1. The molecule has 3 saturated heterocycles. The van der Waals surface area contributed by atoms with Crippen molar-refractivity contribution < 1.29 is 14.4 Å². The molecule has 0 spiro atoms. The first-order chi connectivity index (χ1) is 13.6. The molecule has 3 fully saturated rings. The average molecular weight is 385 g/mol. The summed E-state index contributed by atoms with van der Waals surface area (Å²) in [4.78, 5) is 14.0. The van der Waals surface area contributed by atoms with Crippen molar-refractivity contribution in [3.05, 3.63) is 30.5 Å². The van der Waals surface area contributed by atoms with Gasteiger partial charge in [0.1, 0.15) is 11.7 Å². The number of benzene rings is 1. The van der Waals surface area contributed by atoms with Gasteiger partial charge in [0.15, 0.2) is 0 Å². The van der Waals surface area contributed by atoms with Crippen LogP contribution in [0.4, 0.5) is 5.69 Å². The van der Waals surface area contributed by atoms with Crippen molar-refractivity contribution in [1.82, 2.24) is 20.3 Å². The van der Waals surface area contributed by atoms with Crippen LogP contribution >= 0.6 is 0 Å². The Balaban J connectivity index is 1.37. The van der Waals surface area contributed by atoms with E-state index in [1.807, 2.05) is 35.1 Å². The Kier molecular flexibility index (Phi) is 5.59. The van der Waals surface area contributed by atoms with Crippen LogP contribution in [0, 0.1) is 11.8 Å². The van der Waals surface area contributed by atoms with Crippen LogP contribution in [0.15, 0.2) is 30.5 Å². The molecule has 1 unspecified atom stereocenters. The zero-order valence-electron chi connectivity index (χ0n) is 16.3. The number of nitrogens with two attached hydrogens (primary N) is 1. The second kappa shape index (κ2) is 8.28. The van der Waals surface area contributed by atoms with Crippen molar-refractivity contribution in [2.75, 3.05) is 39.1 Å². The highest BCUT2D eigenvalue weighted by Gasteiger charge is 2.46. The van der Waals surface area contributed by atoms with Gasteiger partial charge in [-0.1, -0.05) is 17.3 Å². The Hall–Kier alpha value is -2.45. The molecule has 150 valence electrons. The van der Waals surface area contributed by atoms with E-state index < -0.39 is 0 Å². The second-order valence-corrected chi connectivity index (χ2v) is 7.94. The number of carbonyl (C=O) groups is 1. The maximum atomic E-state index is 12.5. The molecule has 2 bridgehead atoms. The van der Waals surface area contributed by atoms with E-state index in [9.17, 15) is 4.79 Å². The lowest BCUT2D eigenvalue weighted by Crippen LogP contribution is -3.20. The number of quaternary nitrogens is 1. The number of carbonyl (C=O) groups excluding carboxylic acids is 1. The number of hydrogen-bond acceptors (Lipinski definition) is 5. The molecule has 4 N–H and O–H groups in total. The van der Waals surface area contributed by atoms with Gasteiger partial charge >= 0.3 is 0 Å².